The third-order valence-corrected chi connectivity index (χ3v) is 3.86. The van der Waals surface area contributed by atoms with Crippen molar-refractivity contribution in [2.45, 2.75) is 37.9 Å². The minimum atomic E-state index is -1.03. The van der Waals surface area contributed by atoms with Crippen LogP contribution < -0.4 is 11.1 Å². The van der Waals surface area contributed by atoms with Crippen LogP contribution in [-0.4, -0.2) is 46.5 Å². The monoisotopic (exact) mass is 319 g/mol. The molecule has 2 atom stereocenters. The number of hydrogen-bond donors (Lipinski definition) is 3. The highest BCUT2D eigenvalue weighted by Gasteiger charge is 2.32. The standard InChI is InChI=1S/C16H21N3O4/c17-13(20)10-14(19-8-4-7-15(19)21)18-12(16(22)23)9-11-5-2-1-3-6-11/h1-3,5-6,12,14,18H,4,7-10H2,(H2,17,20)(H,22,23)/t12-,14?/m0/s1. The van der Waals surface area contributed by atoms with Crippen molar-refractivity contribution >= 4 is 17.8 Å². The summed E-state index contributed by atoms with van der Waals surface area (Å²) in [6.07, 6.45) is 0.574. The smallest absolute Gasteiger partial charge is 0.321 e. The van der Waals surface area contributed by atoms with Crippen LogP contribution >= 0.6 is 0 Å². The fourth-order valence-corrected chi connectivity index (χ4v) is 2.75. The van der Waals surface area contributed by atoms with Crippen LogP contribution in [0.5, 0.6) is 0 Å². The van der Waals surface area contributed by atoms with Crippen molar-refractivity contribution in [1.29, 1.82) is 0 Å². The maximum atomic E-state index is 11.9. The lowest BCUT2D eigenvalue weighted by Crippen LogP contribution is -2.54. The van der Waals surface area contributed by atoms with Gasteiger partial charge in [0, 0.05) is 13.0 Å². The molecule has 0 spiro atoms. The van der Waals surface area contributed by atoms with E-state index in [0.717, 1.165) is 5.56 Å². The van der Waals surface area contributed by atoms with Crippen LogP contribution in [0.1, 0.15) is 24.8 Å². The molecule has 1 fully saturated rings. The highest BCUT2D eigenvalue weighted by Crippen LogP contribution is 2.15. The second-order valence-corrected chi connectivity index (χ2v) is 5.62. The zero-order chi connectivity index (χ0) is 16.8. The molecule has 0 saturated carbocycles. The number of primary amides is 1. The van der Waals surface area contributed by atoms with Gasteiger partial charge in [-0.25, -0.2) is 0 Å². The Balaban J connectivity index is 2.11. The van der Waals surface area contributed by atoms with Gasteiger partial charge in [-0.1, -0.05) is 30.3 Å². The van der Waals surface area contributed by atoms with Crippen LogP contribution in [0.2, 0.25) is 0 Å². The summed E-state index contributed by atoms with van der Waals surface area (Å²) in [5.74, 6) is -1.70. The maximum absolute atomic E-state index is 11.9. The molecule has 0 aromatic heterocycles. The number of carbonyl (C=O) groups excluding carboxylic acids is 2. The van der Waals surface area contributed by atoms with E-state index in [9.17, 15) is 19.5 Å². The number of carboxylic acids is 1. The van der Waals surface area contributed by atoms with Crippen molar-refractivity contribution in [3.05, 3.63) is 35.9 Å². The molecular weight excluding hydrogens is 298 g/mol. The number of aliphatic carboxylic acids is 1. The molecule has 1 saturated heterocycles. The fourth-order valence-electron chi connectivity index (χ4n) is 2.75. The normalized spacial score (nSPS) is 17.0. The van der Waals surface area contributed by atoms with Crippen LogP contribution in [0.25, 0.3) is 0 Å². The molecule has 1 aliphatic heterocycles. The van der Waals surface area contributed by atoms with Crippen LogP contribution in [0, 0.1) is 0 Å². The van der Waals surface area contributed by atoms with E-state index < -0.39 is 24.1 Å². The number of nitrogens with zero attached hydrogens (tertiary/aromatic N) is 1. The molecular formula is C16H21N3O4. The third kappa shape index (κ3) is 4.79. The highest BCUT2D eigenvalue weighted by atomic mass is 16.4. The first kappa shape index (κ1) is 17.0. The summed E-state index contributed by atoms with van der Waals surface area (Å²) in [4.78, 5) is 36.2. The van der Waals surface area contributed by atoms with Gasteiger partial charge in [0.2, 0.25) is 11.8 Å². The molecule has 124 valence electrons. The first-order valence-electron chi connectivity index (χ1n) is 7.58. The Morgan fingerprint density at radius 3 is 2.52 bits per heavy atom. The van der Waals surface area contributed by atoms with Crippen molar-refractivity contribution in [3.8, 4) is 0 Å². The van der Waals surface area contributed by atoms with Gasteiger partial charge < -0.3 is 15.7 Å². The number of benzene rings is 1. The Labute approximate surface area is 134 Å². The average molecular weight is 319 g/mol. The molecule has 1 unspecified atom stereocenters. The lowest BCUT2D eigenvalue weighted by Gasteiger charge is -2.30. The molecule has 4 N–H and O–H groups in total. The van der Waals surface area contributed by atoms with Crippen molar-refractivity contribution < 1.29 is 19.5 Å². The van der Waals surface area contributed by atoms with E-state index in [1.807, 2.05) is 30.3 Å². The summed E-state index contributed by atoms with van der Waals surface area (Å²) < 4.78 is 0. The number of amides is 2. The molecule has 0 bridgehead atoms. The quantitative estimate of drug-likeness (QED) is 0.629. The van der Waals surface area contributed by atoms with Crippen molar-refractivity contribution in [1.82, 2.24) is 10.2 Å². The van der Waals surface area contributed by atoms with E-state index in [4.69, 9.17) is 5.73 Å². The van der Waals surface area contributed by atoms with Gasteiger partial charge >= 0.3 is 5.97 Å². The summed E-state index contributed by atoms with van der Waals surface area (Å²) in [7, 11) is 0. The number of nitrogens with one attached hydrogen (secondary N) is 1. The predicted molar refractivity (Wildman–Crippen MR) is 83.3 cm³/mol. The summed E-state index contributed by atoms with van der Waals surface area (Å²) in [5, 5.41) is 12.4. The molecule has 2 rings (SSSR count). The molecule has 7 heteroatoms. The van der Waals surface area contributed by atoms with Gasteiger partial charge in [-0.05, 0) is 18.4 Å². The molecule has 0 radical (unpaired) electrons. The summed E-state index contributed by atoms with van der Waals surface area (Å²) >= 11 is 0. The number of rotatable bonds is 8. The maximum Gasteiger partial charge on any atom is 0.321 e. The Morgan fingerprint density at radius 1 is 1.30 bits per heavy atom. The number of nitrogens with two attached hydrogens (primary N) is 1. The Kier molecular flexibility index (Phi) is 5.70. The van der Waals surface area contributed by atoms with E-state index >= 15 is 0 Å². The van der Waals surface area contributed by atoms with Crippen molar-refractivity contribution in [2.24, 2.45) is 5.73 Å². The van der Waals surface area contributed by atoms with Crippen molar-refractivity contribution in [2.75, 3.05) is 6.54 Å². The van der Waals surface area contributed by atoms with Crippen LogP contribution in [0.15, 0.2) is 30.3 Å². The summed E-state index contributed by atoms with van der Waals surface area (Å²) in [5.41, 5.74) is 6.11. The van der Waals surface area contributed by atoms with E-state index in [-0.39, 0.29) is 18.7 Å². The van der Waals surface area contributed by atoms with Gasteiger partial charge in [0.05, 0.1) is 12.6 Å². The minimum Gasteiger partial charge on any atom is -0.480 e. The molecule has 1 aromatic carbocycles. The number of carbonyl (C=O) groups is 3. The SMILES string of the molecule is NC(=O)CC(N[C@@H](Cc1ccccc1)C(=O)O)N1CCCC1=O. The third-order valence-electron chi connectivity index (χ3n) is 3.86. The number of carboxylic acid groups (broad SMARTS) is 1. The van der Waals surface area contributed by atoms with E-state index in [0.29, 0.717) is 19.4 Å². The van der Waals surface area contributed by atoms with Crippen molar-refractivity contribution in [3.63, 3.8) is 0 Å². The van der Waals surface area contributed by atoms with Gasteiger partial charge in [0.1, 0.15) is 6.04 Å². The zero-order valence-corrected chi connectivity index (χ0v) is 12.8. The molecule has 7 nitrogen and oxygen atoms in total. The van der Waals surface area contributed by atoms with E-state index in [1.165, 1.54) is 4.90 Å². The van der Waals surface area contributed by atoms with Crippen LogP contribution in [-0.2, 0) is 20.8 Å². The highest BCUT2D eigenvalue weighted by molar-refractivity contribution is 5.80. The summed E-state index contributed by atoms with van der Waals surface area (Å²) in [6, 6.07) is 8.28. The lowest BCUT2D eigenvalue weighted by molar-refractivity contribution is -0.142. The second-order valence-electron chi connectivity index (χ2n) is 5.62. The Hall–Kier alpha value is -2.41. The fraction of sp³-hybridized carbons (Fsp3) is 0.438. The summed E-state index contributed by atoms with van der Waals surface area (Å²) in [6.45, 7) is 0.501. The molecule has 1 aliphatic rings. The first-order valence-corrected chi connectivity index (χ1v) is 7.58. The minimum absolute atomic E-state index is 0.0902. The number of likely N-dealkylation sites (tertiary alicyclic amines) is 1. The molecule has 1 heterocycles. The topological polar surface area (TPSA) is 113 Å². The van der Waals surface area contributed by atoms with E-state index in [1.54, 1.807) is 0 Å². The van der Waals surface area contributed by atoms with Gasteiger partial charge in [0.15, 0.2) is 0 Å². The van der Waals surface area contributed by atoms with Gasteiger partial charge in [-0.15, -0.1) is 0 Å². The van der Waals surface area contributed by atoms with Gasteiger partial charge in [-0.3, -0.25) is 19.7 Å². The van der Waals surface area contributed by atoms with Gasteiger partial charge in [-0.2, -0.15) is 0 Å². The second kappa shape index (κ2) is 7.73. The molecule has 0 aliphatic carbocycles. The molecule has 1 aromatic rings. The first-order chi connectivity index (χ1) is 11.0. The molecule has 23 heavy (non-hydrogen) atoms. The van der Waals surface area contributed by atoms with E-state index in [2.05, 4.69) is 5.32 Å². The Bertz CT molecular complexity index is 576. The zero-order valence-electron chi connectivity index (χ0n) is 12.8. The number of hydrogen-bond acceptors (Lipinski definition) is 4. The largest absolute Gasteiger partial charge is 0.480 e. The van der Waals surface area contributed by atoms with Crippen LogP contribution in [0.4, 0.5) is 0 Å². The predicted octanol–water partition coefficient (Wildman–Crippen LogP) is 0.0958. The Morgan fingerprint density at radius 2 is 2.00 bits per heavy atom. The molecule has 2 amide bonds. The van der Waals surface area contributed by atoms with Crippen LogP contribution in [0.3, 0.4) is 0 Å². The lowest BCUT2D eigenvalue weighted by atomic mass is 10.1. The van der Waals surface area contributed by atoms with Gasteiger partial charge in [0.25, 0.3) is 0 Å². The average Bonchev–Trinajstić information content (AvgIpc) is 2.92.